The van der Waals surface area contributed by atoms with Crippen LogP contribution in [0.5, 0.6) is 0 Å². The number of nitrogen functional groups attached to an aromatic ring is 1. The molecule has 3 N–H and O–H groups in total. The summed E-state index contributed by atoms with van der Waals surface area (Å²) in [7, 11) is -3.99. The molecule has 0 radical (unpaired) electrons. The summed E-state index contributed by atoms with van der Waals surface area (Å²) in [4.78, 5) is 10.8. The number of carboxylic acids is 1. The highest BCUT2D eigenvalue weighted by atomic mass is 32.2. The van der Waals surface area contributed by atoms with Crippen molar-refractivity contribution >= 4 is 21.7 Å². The zero-order valence-electron chi connectivity index (χ0n) is 10.8. The molecule has 0 saturated heterocycles. The van der Waals surface area contributed by atoms with Gasteiger partial charge < -0.3 is 10.8 Å². The Balaban J connectivity index is 3.46. The Kier molecular flexibility index (Phi) is 5.06. The lowest BCUT2D eigenvalue weighted by Crippen LogP contribution is -2.32. The molecular formula is C13H16N2O4S. The molecular weight excluding hydrogens is 280 g/mol. The van der Waals surface area contributed by atoms with Crippen LogP contribution in [0.1, 0.15) is 10.4 Å². The van der Waals surface area contributed by atoms with Gasteiger partial charge in [-0.25, -0.2) is 13.2 Å². The van der Waals surface area contributed by atoms with Crippen LogP contribution in [0.25, 0.3) is 0 Å². The van der Waals surface area contributed by atoms with Gasteiger partial charge in [0.25, 0.3) is 0 Å². The minimum absolute atomic E-state index is 0.0439. The second-order valence-electron chi connectivity index (χ2n) is 3.96. The SMILES string of the molecule is C=CCN(CC=C)S(=O)(=O)c1cc(N)ccc1C(=O)O. The maximum Gasteiger partial charge on any atom is 0.337 e. The van der Waals surface area contributed by atoms with Crippen molar-refractivity contribution in [1.29, 1.82) is 0 Å². The van der Waals surface area contributed by atoms with Gasteiger partial charge in [0.2, 0.25) is 10.0 Å². The van der Waals surface area contributed by atoms with Gasteiger partial charge in [-0.2, -0.15) is 4.31 Å². The van der Waals surface area contributed by atoms with Gasteiger partial charge in [-0.15, -0.1) is 13.2 Å². The Morgan fingerprint density at radius 3 is 2.30 bits per heavy atom. The molecule has 20 heavy (non-hydrogen) atoms. The number of nitrogens with two attached hydrogens (primary N) is 1. The molecule has 7 heteroatoms. The Morgan fingerprint density at radius 1 is 1.30 bits per heavy atom. The monoisotopic (exact) mass is 296 g/mol. The first-order valence-electron chi connectivity index (χ1n) is 5.69. The normalized spacial score (nSPS) is 11.2. The molecule has 0 unspecified atom stereocenters. The van der Waals surface area contributed by atoms with Crippen LogP contribution in [0.4, 0.5) is 5.69 Å². The lowest BCUT2D eigenvalue weighted by atomic mass is 10.2. The predicted octanol–water partition coefficient (Wildman–Crippen LogP) is 1.33. The Bertz CT molecular complexity index is 628. The van der Waals surface area contributed by atoms with Crippen LogP contribution < -0.4 is 5.73 Å². The molecule has 0 saturated carbocycles. The second kappa shape index (κ2) is 6.36. The number of nitrogens with zero attached hydrogens (tertiary/aromatic N) is 1. The number of rotatable bonds is 7. The fraction of sp³-hybridized carbons (Fsp3) is 0.154. The third-order valence-electron chi connectivity index (χ3n) is 2.52. The van der Waals surface area contributed by atoms with Crippen LogP contribution in [0.3, 0.4) is 0 Å². The molecule has 0 fully saturated rings. The van der Waals surface area contributed by atoms with Gasteiger partial charge in [0, 0.05) is 18.8 Å². The maximum atomic E-state index is 12.5. The third-order valence-corrected chi connectivity index (χ3v) is 4.39. The van der Waals surface area contributed by atoms with E-state index in [2.05, 4.69) is 13.2 Å². The van der Waals surface area contributed by atoms with E-state index in [-0.39, 0.29) is 29.2 Å². The van der Waals surface area contributed by atoms with Crippen molar-refractivity contribution in [2.45, 2.75) is 4.90 Å². The van der Waals surface area contributed by atoms with Gasteiger partial charge in [0.1, 0.15) is 0 Å². The number of sulfonamides is 1. The lowest BCUT2D eigenvalue weighted by Gasteiger charge is -2.20. The largest absolute Gasteiger partial charge is 0.478 e. The summed E-state index contributed by atoms with van der Waals surface area (Å²) in [6, 6.07) is 3.65. The summed E-state index contributed by atoms with van der Waals surface area (Å²) >= 11 is 0. The number of anilines is 1. The van der Waals surface area contributed by atoms with Crippen LogP contribution >= 0.6 is 0 Å². The summed E-state index contributed by atoms with van der Waals surface area (Å²) in [6.45, 7) is 7.05. The van der Waals surface area contributed by atoms with E-state index in [1.165, 1.54) is 24.3 Å². The molecule has 0 aliphatic carbocycles. The van der Waals surface area contributed by atoms with Crippen LogP contribution in [-0.4, -0.2) is 36.9 Å². The van der Waals surface area contributed by atoms with Crippen LogP contribution in [-0.2, 0) is 10.0 Å². The Labute approximate surface area is 117 Å². The van der Waals surface area contributed by atoms with Crippen molar-refractivity contribution in [2.75, 3.05) is 18.8 Å². The van der Waals surface area contributed by atoms with Gasteiger partial charge in [0.05, 0.1) is 10.5 Å². The van der Waals surface area contributed by atoms with E-state index in [4.69, 9.17) is 10.8 Å². The summed E-state index contributed by atoms with van der Waals surface area (Å²) in [5.74, 6) is -1.33. The van der Waals surface area contributed by atoms with E-state index in [9.17, 15) is 13.2 Å². The molecule has 6 nitrogen and oxygen atoms in total. The molecule has 0 heterocycles. The third kappa shape index (κ3) is 3.25. The van der Waals surface area contributed by atoms with E-state index in [0.717, 1.165) is 10.4 Å². The number of carbonyl (C=O) groups is 1. The average Bonchev–Trinajstić information content (AvgIpc) is 2.38. The Hall–Kier alpha value is -2.12. The first-order valence-corrected chi connectivity index (χ1v) is 7.13. The molecule has 0 bridgehead atoms. The van der Waals surface area contributed by atoms with Crippen molar-refractivity contribution in [3.8, 4) is 0 Å². The zero-order chi connectivity index (χ0) is 15.3. The summed E-state index contributed by atoms with van der Waals surface area (Å²) in [5.41, 5.74) is 5.41. The average molecular weight is 296 g/mol. The smallest absolute Gasteiger partial charge is 0.337 e. The molecule has 1 aromatic rings. The van der Waals surface area contributed by atoms with E-state index in [1.54, 1.807) is 0 Å². The zero-order valence-corrected chi connectivity index (χ0v) is 11.6. The number of benzene rings is 1. The van der Waals surface area contributed by atoms with E-state index < -0.39 is 16.0 Å². The molecule has 0 spiro atoms. The van der Waals surface area contributed by atoms with Crippen molar-refractivity contribution in [3.05, 3.63) is 49.1 Å². The standard InChI is InChI=1S/C13H16N2O4S/c1-3-7-15(8-4-2)20(18,19)12-9-10(14)5-6-11(12)13(16)17/h3-6,9H,1-2,7-8,14H2,(H,16,17). The highest BCUT2D eigenvalue weighted by molar-refractivity contribution is 7.89. The molecule has 0 aliphatic rings. The number of carboxylic acid groups (broad SMARTS) is 1. The molecule has 108 valence electrons. The first kappa shape index (κ1) is 15.9. The number of aromatic carboxylic acids is 1. The van der Waals surface area contributed by atoms with E-state index in [1.807, 2.05) is 0 Å². The molecule has 1 rings (SSSR count). The topological polar surface area (TPSA) is 101 Å². The fourth-order valence-corrected chi connectivity index (χ4v) is 3.23. The summed E-state index contributed by atoms with van der Waals surface area (Å²) in [6.07, 6.45) is 2.82. The van der Waals surface area contributed by atoms with Crippen molar-refractivity contribution < 1.29 is 18.3 Å². The second-order valence-corrected chi connectivity index (χ2v) is 5.87. The van der Waals surface area contributed by atoms with E-state index >= 15 is 0 Å². The molecule has 1 aromatic carbocycles. The minimum Gasteiger partial charge on any atom is -0.478 e. The van der Waals surface area contributed by atoms with Gasteiger partial charge in [0.15, 0.2) is 0 Å². The van der Waals surface area contributed by atoms with E-state index in [0.29, 0.717) is 0 Å². The lowest BCUT2D eigenvalue weighted by molar-refractivity contribution is 0.0692. The van der Waals surface area contributed by atoms with Crippen molar-refractivity contribution in [2.24, 2.45) is 0 Å². The van der Waals surface area contributed by atoms with Crippen LogP contribution in [0, 0.1) is 0 Å². The van der Waals surface area contributed by atoms with Crippen LogP contribution in [0.15, 0.2) is 48.4 Å². The Morgan fingerprint density at radius 2 is 1.85 bits per heavy atom. The quantitative estimate of drug-likeness (QED) is 0.584. The van der Waals surface area contributed by atoms with Crippen molar-refractivity contribution in [3.63, 3.8) is 0 Å². The molecule has 0 aliphatic heterocycles. The summed E-state index contributed by atoms with van der Waals surface area (Å²) < 4.78 is 26.1. The highest BCUT2D eigenvalue weighted by Crippen LogP contribution is 2.23. The minimum atomic E-state index is -3.99. The number of hydrogen-bond donors (Lipinski definition) is 2. The first-order chi connectivity index (χ1) is 9.34. The van der Waals surface area contributed by atoms with Gasteiger partial charge in [-0.1, -0.05) is 12.2 Å². The fourth-order valence-electron chi connectivity index (χ4n) is 1.63. The van der Waals surface area contributed by atoms with Gasteiger partial charge in [-0.3, -0.25) is 0 Å². The molecule has 0 amide bonds. The van der Waals surface area contributed by atoms with Crippen molar-refractivity contribution in [1.82, 2.24) is 4.31 Å². The summed E-state index contributed by atoms with van der Waals surface area (Å²) in [5, 5.41) is 9.10. The predicted molar refractivity (Wildman–Crippen MR) is 77.0 cm³/mol. The molecule has 0 aromatic heterocycles. The van der Waals surface area contributed by atoms with Crippen LogP contribution in [0.2, 0.25) is 0 Å². The van der Waals surface area contributed by atoms with Gasteiger partial charge in [-0.05, 0) is 18.2 Å². The van der Waals surface area contributed by atoms with Gasteiger partial charge >= 0.3 is 5.97 Å². The highest BCUT2D eigenvalue weighted by Gasteiger charge is 2.27. The maximum absolute atomic E-state index is 12.5. The number of hydrogen-bond acceptors (Lipinski definition) is 4. The molecule has 0 atom stereocenters.